The predicted octanol–water partition coefficient (Wildman–Crippen LogP) is 4.21. The van der Waals surface area contributed by atoms with Crippen LogP contribution in [-0.4, -0.2) is 17.8 Å². The molecule has 0 unspecified atom stereocenters. The van der Waals surface area contributed by atoms with Gasteiger partial charge in [0.2, 0.25) is 0 Å². The van der Waals surface area contributed by atoms with Gasteiger partial charge in [-0.3, -0.25) is 0 Å². The van der Waals surface area contributed by atoms with E-state index >= 15 is 0 Å². The van der Waals surface area contributed by atoms with Crippen LogP contribution >= 0.6 is 8.60 Å². The van der Waals surface area contributed by atoms with Crippen LogP contribution in [0.1, 0.15) is 34.6 Å². The molecule has 0 aromatic carbocycles. The minimum absolute atomic E-state index is 0.460. The van der Waals surface area contributed by atoms with Gasteiger partial charge in [-0.1, -0.05) is 12.2 Å². The van der Waals surface area contributed by atoms with Gasteiger partial charge in [0.05, 0.1) is 17.8 Å². The molecular formula is C12H23O3P. The third kappa shape index (κ3) is 6.39. The third-order valence-electron chi connectivity index (χ3n) is 1.84. The lowest BCUT2D eigenvalue weighted by molar-refractivity contribution is 0.0579. The van der Waals surface area contributed by atoms with Crippen molar-refractivity contribution in [3.63, 3.8) is 0 Å². The Balaban J connectivity index is 4.50. The average molecular weight is 246 g/mol. The first-order chi connectivity index (χ1) is 7.26. The molecule has 0 aliphatic heterocycles. The van der Waals surface area contributed by atoms with Gasteiger partial charge in [-0.2, -0.15) is 0 Å². The molecule has 0 spiro atoms. The van der Waals surface area contributed by atoms with E-state index in [9.17, 15) is 0 Å². The maximum Gasteiger partial charge on any atom is 0.334 e. The summed E-state index contributed by atoms with van der Waals surface area (Å²) in [5.41, 5.74) is -0.920. The van der Waals surface area contributed by atoms with Gasteiger partial charge in [0, 0.05) is 0 Å². The molecule has 0 amide bonds. The summed E-state index contributed by atoms with van der Waals surface area (Å²) in [4.78, 5) is 0. The normalized spacial score (nSPS) is 12.9. The molecule has 0 aromatic heterocycles. The molecule has 0 radical (unpaired) electrons. The largest absolute Gasteiger partial charge is 0.334 e. The summed E-state index contributed by atoms with van der Waals surface area (Å²) in [6, 6.07) is 0. The Kier molecular flexibility index (Phi) is 6.42. The van der Waals surface area contributed by atoms with Gasteiger partial charge < -0.3 is 13.6 Å². The van der Waals surface area contributed by atoms with Gasteiger partial charge in [-0.05, 0) is 34.6 Å². The first-order valence-corrected chi connectivity index (χ1v) is 6.44. The van der Waals surface area contributed by atoms with Crippen molar-refractivity contribution >= 4 is 8.60 Å². The summed E-state index contributed by atoms with van der Waals surface area (Å²) >= 11 is 0. The Morgan fingerprint density at radius 2 is 1.38 bits per heavy atom. The first kappa shape index (κ1) is 15.8. The van der Waals surface area contributed by atoms with Crippen molar-refractivity contribution in [3.8, 4) is 0 Å². The minimum Gasteiger partial charge on any atom is -0.313 e. The van der Waals surface area contributed by atoms with Crippen molar-refractivity contribution in [3.05, 3.63) is 25.3 Å². The zero-order chi connectivity index (χ0) is 12.8. The molecule has 0 saturated carbocycles. The summed E-state index contributed by atoms with van der Waals surface area (Å²) in [5, 5.41) is 0. The van der Waals surface area contributed by atoms with Crippen molar-refractivity contribution in [1.82, 2.24) is 0 Å². The second-order valence-corrected chi connectivity index (χ2v) is 5.51. The molecule has 4 heteroatoms. The zero-order valence-electron chi connectivity index (χ0n) is 10.9. The van der Waals surface area contributed by atoms with E-state index in [0.717, 1.165) is 0 Å². The monoisotopic (exact) mass is 246 g/mol. The van der Waals surface area contributed by atoms with E-state index in [-0.39, 0.29) is 0 Å². The highest BCUT2D eigenvalue weighted by Gasteiger charge is 2.28. The predicted molar refractivity (Wildman–Crippen MR) is 69.3 cm³/mol. The molecule has 0 N–H and O–H groups in total. The van der Waals surface area contributed by atoms with Crippen LogP contribution in [0.2, 0.25) is 0 Å². The molecule has 0 atom stereocenters. The first-order valence-electron chi connectivity index (χ1n) is 5.35. The van der Waals surface area contributed by atoms with Crippen LogP contribution in [-0.2, 0) is 13.6 Å². The van der Waals surface area contributed by atoms with Crippen LogP contribution in [0, 0.1) is 0 Å². The number of rotatable bonds is 8. The van der Waals surface area contributed by atoms with E-state index in [1.165, 1.54) is 0 Å². The Bertz CT molecular complexity index is 214. The second kappa shape index (κ2) is 6.51. The standard InChI is InChI=1S/C12H23O3P/c1-8-11(4,5)14-16(13-10-3)15-12(6,7)9-2/h8-9H,1-2,10H2,3-7H3. The number of hydrogen-bond acceptors (Lipinski definition) is 3. The quantitative estimate of drug-likeness (QED) is 0.474. The van der Waals surface area contributed by atoms with Gasteiger partial charge in [-0.25, -0.2) is 0 Å². The van der Waals surface area contributed by atoms with Gasteiger partial charge in [0.1, 0.15) is 0 Å². The summed E-state index contributed by atoms with van der Waals surface area (Å²) in [6.45, 7) is 17.5. The van der Waals surface area contributed by atoms with Crippen LogP contribution in [0.5, 0.6) is 0 Å². The molecule has 0 aromatic rings. The van der Waals surface area contributed by atoms with Crippen molar-refractivity contribution in [2.75, 3.05) is 6.61 Å². The maximum atomic E-state index is 5.72. The van der Waals surface area contributed by atoms with Crippen molar-refractivity contribution in [2.45, 2.75) is 45.8 Å². The zero-order valence-corrected chi connectivity index (χ0v) is 11.8. The molecule has 0 aliphatic carbocycles. The van der Waals surface area contributed by atoms with Crippen LogP contribution in [0.15, 0.2) is 25.3 Å². The highest BCUT2D eigenvalue weighted by Crippen LogP contribution is 2.47. The third-order valence-corrected chi connectivity index (χ3v) is 3.55. The van der Waals surface area contributed by atoms with E-state index in [2.05, 4.69) is 13.2 Å². The highest BCUT2D eigenvalue weighted by molar-refractivity contribution is 7.41. The van der Waals surface area contributed by atoms with Crippen molar-refractivity contribution in [2.24, 2.45) is 0 Å². The highest BCUT2D eigenvalue weighted by atomic mass is 31.2. The Labute approximate surface area is 100 Å². The molecule has 0 fully saturated rings. The molecule has 94 valence electrons. The number of hydrogen-bond donors (Lipinski definition) is 0. The van der Waals surface area contributed by atoms with Crippen LogP contribution < -0.4 is 0 Å². The van der Waals surface area contributed by atoms with E-state index < -0.39 is 19.8 Å². The molecule has 3 nitrogen and oxygen atoms in total. The molecule has 0 rings (SSSR count). The Hall–Kier alpha value is -0.210. The molecule has 0 saturated heterocycles. The van der Waals surface area contributed by atoms with Gasteiger partial charge in [-0.15, -0.1) is 13.2 Å². The summed E-state index contributed by atoms with van der Waals surface area (Å²) in [7, 11) is -1.39. The lowest BCUT2D eigenvalue weighted by Crippen LogP contribution is -2.24. The molecule has 0 aliphatic rings. The van der Waals surface area contributed by atoms with E-state index in [0.29, 0.717) is 6.61 Å². The average Bonchev–Trinajstić information content (AvgIpc) is 2.17. The van der Waals surface area contributed by atoms with Gasteiger partial charge in [0.25, 0.3) is 0 Å². The fourth-order valence-corrected chi connectivity index (χ4v) is 1.91. The summed E-state index contributed by atoms with van der Waals surface area (Å²) in [6.07, 6.45) is 3.46. The fourth-order valence-electron chi connectivity index (χ4n) is 0.635. The lowest BCUT2D eigenvalue weighted by atomic mass is 10.1. The SMILES string of the molecule is C=CC(C)(C)OP(OCC)OC(C)(C)C=C. The minimum atomic E-state index is -1.39. The molecular weight excluding hydrogens is 223 g/mol. The van der Waals surface area contributed by atoms with Crippen molar-refractivity contribution < 1.29 is 13.6 Å². The van der Waals surface area contributed by atoms with Crippen LogP contribution in [0.25, 0.3) is 0 Å². The molecule has 0 bridgehead atoms. The van der Waals surface area contributed by atoms with E-state index in [4.69, 9.17) is 13.6 Å². The lowest BCUT2D eigenvalue weighted by Gasteiger charge is -2.30. The molecule has 16 heavy (non-hydrogen) atoms. The Morgan fingerprint density at radius 1 is 1.00 bits per heavy atom. The second-order valence-electron chi connectivity index (χ2n) is 4.44. The topological polar surface area (TPSA) is 27.7 Å². The van der Waals surface area contributed by atoms with Gasteiger partial charge >= 0.3 is 8.60 Å². The maximum absolute atomic E-state index is 5.72. The fraction of sp³-hybridized carbons (Fsp3) is 0.667. The Morgan fingerprint density at radius 3 is 1.62 bits per heavy atom. The van der Waals surface area contributed by atoms with Crippen molar-refractivity contribution in [1.29, 1.82) is 0 Å². The van der Waals surface area contributed by atoms with Gasteiger partial charge in [0.15, 0.2) is 0 Å². The van der Waals surface area contributed by atoms with Crippen LogP contribution in [0.3, 0.4) is 0 Å². The van der Waals surface area contributed by atoms with E-state index in [1.54, 1.807) is 12.2 Å². The van der Waals surface area contributed by atoms with Crippen LogP contribution in [0.4, 0.5) is 0 Å². The van der Waals surface area contributed by atoms with E-state index in [1.807, 2.05) is 34.6 Å². The smallest absolute Gasteiger partial charge is 0.313 e. The summed E-state index contributed by atoms with van der Waals surface area (Å²) in [5.74, 6) is 0. The molecule has 0 heterocycles. The summed E-state index contributed by atoms with van der Waals surface area (Å²) < 4.78 is 16.9.